The molecule has 1 amide bonds. The zero-order valence-electron chi connectivity index (χ0n) is 25.7. The third-order valence-corrected chi connectivity index (χ3v) is 7.43. The van der Waals surface area contributed by atoms with Crippen LogP contribution in [0, 0.1) is 0 Å². The quantitative estimate of drug-likeness (QED) is 0.0351. The molecule has 0 rings (SSSR count). The van der Waals surface area contributed by atoms with Crippen molar-refractivity contribution in [2.75, 3.05) is 26.4 Å². The van der Waals surface area contributed by atoms with Crippen LogP contribution in [0.1, 0.15) is 129 Å². The summed E-state index contributed by atoms with van der Waals surface area (Å²) in [4.78, 5) is 32.1. The highest BCUT2D eigenvalue weighted by atomic mass is 31.2. The lowest BCUT2D eigenvalue weighted by Crippen LogP contribution is -2.27. The summed E-state index contributed by atoms with van der Waals surface area (Å²) in [6.07, 6.45) is 29.1. The standard InChI is InChI=1S/C31H58NO8P/c1-3-4-5-6-7-8-9-10-11-12-13-14-15-16-17-18-19-20-21-22-23-24-31(35)32-25-26-39-41(36,37)40-28-30(34)27-38-29(2)33/h7-8,10-11,30,34H,3-6,9,12-28H2,1-2H3,(H,32,35)(H,36,37)/b8-7-,11-10-. The first-order valence-electron chi connectivity index (χ1n) is 15.8. The van der Waals surface area contributed by atoms with E-state index in [9.17, 15) is 24.2 Å². The molecule has 0 spiro atoms. The highest BCUT2D eigenvalue weighted by Gasteiger charge is 2.23. The van der Waals surface area contributed by atoms with Gasteiger partial charge in [0.2, 0.25) is 5.91 Å². The number of nitrogens with one attached hydrogen (secondary N) is 1. The second-order valence-electron chi connectivity index (χ2n) is 10.5. The SMILES string of the molecule is CCCCC/C=C\C/C=C\CCCCCCCCCCCCCC(=O)NCCOP(=O)(O)OCC(O)COC(C)=O. The van der Waals surface area contributed by atoms with Gasteiger partial charge in [-0.1, -0.05) is 102 Å². The van der Waals surface area contributed by atoms with E-state index in [1.165, 1.54) is 90.4 Å². The molecule has 9 nitrogen and oxygen atoms in total. The van der Waals surface area contributed by atoms with Crippen LogP contribution in [0.15, 0.2) is 24.3 Å². The first-order chi connectivity index (χ1) is 19.8. The average Bonchev–Trinajstić information content (AvgIpc) is 2.94. The van der Waals surface area contributed by atoms with Crippen LogP contribution in [0.5, 0.6) is 0 Å². The summed E-state index contributed by atoms with van der Waals surface area (Å²) in [5.74, 6) is -0.699. The van der Waals surface area contributed by atoms with Crippen molar-refractivity contribution in [3.8, 4) is 0 Å². The van der Waals surface area contributed by atoms with Crippen molar-refractivity contribution in [1.29, 1.82) is 0 Å². The maximum Gasteiger partial charge on any atom is 0.472 e. The minimum atomic E-state index is -4.37. The summed E-state index contributed by atoms with van der Waals surface area (Å²) < 4.78 is 25.7. The fourth-order valence-electron chi connectivity index (χ4n) is 4.08. The molecule has 0 aliphatic rings. The molecule has 0 aliphatic heterocycles. The Hall–Kier alpha value is -1.51. The molecule has 240 valence electrons. The van der Waals surface area contributed by atoms with Gasteiger partial charge in [0.15, 0.2) is 0 Å². The average molecular weight is 604 g/mol. The second-order valence-corrected chi connectivity index (χ2v) is 12.0. The maximum absolute atomic E-state index is 11.9. The fourth-order valence-corrected chi connectivity index (χ4v) is 4.83. The molecular formula is C31H58NO8P. The zero-order valence-corrected chi connectivity index (χ0v) is 26.6. The largest absolute Gasteiger partial charge is 0.472 e. The number of hydrogen-bond donors (Lipinski definition) is 3. The Bertz CT molecular complexity index is 744. The van der Waals surface area contributed by atoms with E-state index >= 15 is 0 Å². The van der Waals surface area contributed by atoms with Crippen LogP contribution < -0.4 is 5.32 Å². The first-order valence-corrected chi connectivity index (χ1v) is 17.3. The van der Waals surface area contributed by atoms with Crippen LogP contribution in [0.2, 0.25) is 0 Å². The van der Waals surface area contributed by atoms with Gasteiger partial charge in [-0.2, -0.15) is 0 Å². The predicted molar refractivity (Wildman–Crippen MR) is 164 cm³/mol. The molecule has 0 heterocycles. The van der Waals surface area contributed by atoms with Crippen molar-refractivity contribution in [1.82, 2.24) is 5.32 Å². The Morgan fingerprint density at radius 3 is 1.88 bits per heavy atom. The van der Waals surface area contributed by atoms with Gasteiger partial charge in [0, 0.05) is 19.9 Å². The molecule has 10 heteroatoms. The number of aliphatic hydroxyl groups is 1. The summed E-state index contributed by atoms with van der Waals surface area (Å²) in [6, 6.07) is 0. The van der Waals surface area contributed by atoms with Gasteiger partial charge in [-0.15, -0.1) is 0 Å². The highest BCUT2D eigenvalue weighted by Crippen LogP contribution is 2.42. The number of amides is 1. The molecule has 3 N–H and O–H groups in total. The number of hydrogen-bond acceptors (Lipinski definition) is 7. The minimum Gasteiger partial charge on any atom is -0.463 e. The lowest BCUT2D eigenvalue weighted by molar-refractivity contribution is -0.144. The van der Waals surface area contributed by atoms with Crippen molar-refractivity contribution >= 4 is 19.7 Å². The van der Waals surface area contributed by atoms with E-state index in [2.05, 4.69) is 45.8 Å². The molecule has 0 aromatic carbocycles. The van der Waals surface area contributed by atoms with Gasteiger partial charge in [-0.05, 0) is 38.5 Å². The van der Waals surface area contributed by atoms with Crippen molar-refractivity contribution < 1.29 is 37.9 Å². The van der Waals surface area contributed by atoms with E-state index in [-0.39, 0.29) is 25.7 Å². The molecular weight excluding hydrogens is 545 g/mol. The van der Waals surface area contributed by atoms with Gasteiger partial charge >= 0.3 is 13.8 Å². The number of carbonyl (C=O) groups excluding carboxylic acids is 2. The summed E-state index contributed by atoms with van der Waals surface area (Å²) in [5.41, 5.74) is 0. The van der Waals surface area contributed by atoms with Gasteiger partial charge in [0.1, 0.15) is 12.7 Å². The number of aliphatic hydroxyl groups excluding tert-OH is 1. The van der Waals surface area contributed by atoms with E-state index in [4.69, 9.17) is 4.52 Å². The number of allylic oxidation sites excluding steroid dienone is 4. The molecule has 0 radical (unpaired) electrons. The molecule has 2 unspecified atom stereocenters. The molecule has 0 saturated heterocycles. The van der Waals surface area contributed by atoms with Crippen LogP contribution in [0.3, 0.4) is 0 Å². The van der Waals surface area contributed by atoms with E-state index in [0.717, 1.165) is 25.7 Å². The smallest absolute Gasteiger partial charge is 0.463 e. The van der Waals surface area contributed by atoms with Gasteiger partial charge in [0.25, 0.3) is 0 Å². The normalized spacial score (nSPS) is 14.0. The van der Waals surface area contributed by atoms with Gasteiger partial charge in [-0.3, -0.25) is 18.6 Å². The van der Waals surface area contributed by atoms with E-state index in [0.29, 0.717) is 6.42 Å². The Balaban J connectivity index is 3.45. The van der Waals surface area contributed by atoms with E-state index in [1.54, 1.807) is 0 Å². The van der Waals surface area contributed by atoms with E-state index in [1.807, 2.05) is 0 Å². The van der Waals surface area contributed by atoms with Crippen molar-refractivity contribution in [2.45, 2.75) is 136 Å². The third-order valence-electron chi connectivity index (χ3n) is 6.44. The highest BCUT2D eigenvalue weighted by molar-refractivity contribution is 7.47. The van der Waals surface area contributed by atoms with Crippen molar-refractivity contribution in [3.05, 3.63) is 24.3 Å². The molecule has 0 aromatic rings. The van der Waals surface area contributed by atoms with Crippen LogP contribution >= 0.6 is 7.82 Å². The van der Waals surface area contributed by atoms with Crippen LogP contribution in [-0.4, -0.2) is 54.3 Å². The predicted octanol–water partition coefficient (Wildman–Crippen LogP) is 7.31. The number of ether oxygens (including phenoxy) is 1. The monoisotopic (exact) mass is 603 g/mol. The molecule has 2 atom stereocenters. The Labute approximate surface area is 249 Å². The van der Waals surface area contributed by atoms with Gasteiger partial charge in [0.05, 0.1) is 13.2 Å². The van der Waals surface area contributed by atoms with Crippen LogP contribution in [0.25, 0.3) is 0 Å². The van der Waals surface area contributed by atoms with Crippen molar-refractivity contribution in [2.24, 2.45) is 0 Å². The maximum atomic E-state index is 11.9. The summed E-state index contributed by atoms with van der Waals surface area (Å²) in [7, 11) is -4.37. The first kappa shape index (κ1) is 39.5. The number of unbranched alkanes of at least 4 members (excludes halogenated alkanes) is 14. The molecule has 0 aliphatic carbocycles. The molecule has 41 heavy (non-hydrogen) atoms. The minimum absolute atomic E-state index is 0.0797. The lowest BCUT2D eigenvalue weighted by atomic mass is 10.0. The number of phosphoric ester groups is 1. The second kappa shape index (κ2) is 28.6. The topological polar surface area (TPSA) is 131 Å². The van der Waals surface area contributed by atoms with Crippen molar-refractivity contribution in [3.63, 3.8) is 0 Å². The van der Waals surface area contributed by atoms with Crippen LogP contribution in [-0.2, 0) is 27.9 Å². The zero-order chi connectivity index (χ0) is 30.4. The molecule has 0 fully saturated rings. The molecule has 0 aromatic heterocycles. The Morgan fingerprint density at radius 2 is 1.32 bits per heavy atom. The summed E-state index contributed by atoms with van der Waals surface area (Å²) in [6.45, 7) is 2.43. The summed E-state index contributed by atoms with van der Waals surface area (Å²) >= 11 is 0. The molecule has 0 bridgehead atoms. The number of phosphoric acid groups is 1. The fraction of sp³-hybridized carbons (Fsp3) is 0.806. The number of rotatable bonds is 29. The van der Waals surface area contributed by atoms with Gasteiger partial charge < -0.3 is 20.1 Å². The lowest BCUT2D eigenvalue weighted by Gasteiger charge is -2.15. The number of esters is 1. The Morgan fingerprint density at radius 1 is 0.780 bits per heavy atom. The third kappa shape index (κ3) is 31.3. The van der Waals surface area contributed by atoms with E-state index < -0.39 is 26.5 Å². The summed E-state index contributed by atoms with van der Waals surface area (Å²) in [5, 5.41) is 12.2. The van der Waals surface area contributed by atoms with Gasteiger partial charge in [-0.25, -0.2) is 4.57 Å². The Kier molecular flexibility index (Phi) is 27.5. The molecule has 0 saturated carbocycles. The van der Waals surface area contributed by atoms with Crippen LogP contribution in [0.4, 0.5) is 0 Å². The number of carbonyl (C=O) groups is 2.